The van der Waals surface area contributed by atoms with Gasteiger partial charge in [0.05, 0.1) is 11.7 Å². The fraction of sp³-hybridized carbons (Fsp3) is 0.767. The summed E-state index contributed by atoms with van der Waals surface area (Å²) in [6, 6.07) is 3.91. The number of aromatic nitrogens is 1. The fourth-order valence-electron chi connectivity index (χ4n) is 9.14. The topological polar surface area (TPSA) is 53.4 Å². The highest BCUT2D eigenvalue weighted by atomic mass is 16.3. The smallest absolute Gasteiger partial charge is 0.0805 e. The number of fused-ring (bicyclic) bond motifs is 5. The van der Waals surface area contributed by atoms with Gasteiger partial charge in [0.15, 0.2) is 0 Å². The summed E-state index contributed by atoms with van der Waals surface area (Å²) in [7, 11) is 0. The minimum Gasteiger partial charge on any atom is -0.390 e. The van der Waals surface area contributed by atoms with E-state index >= 15 is 0 Å². The first kappa shape index (κ1) is 23.5. The molecule has 0 spiro atoms. The Kier molecular flexibility index (Phi) is 6.05. The van der Waals surface area contributed by atoms with Crippen molar-refractivity contribution >= 4 is 0 Å². The largest absolute Gasteiger partial charge is 0.390 e. The Labute approximate surface area is 201 Å². The Morgan fingerprint density at radius 3 is 2.64 bits per heavy atom. The van der Waals surface area contributed by atoms with Crippen molar-refractivity contribution in [2.45, 2.75) is 104 Å². The molecule has 4 aliphatic carbocycles. The lowest BCUT2D eigenvalue weighted by atomic mass is 9.46. The van der Waals surface area contributed by atoms with Crippen LogP contribution in [0.5, 0.6) is 0 Å². The Hall–Kier alpha value is -1.19. The molecule has 1 aromatic heterocycles. The van der Waals surface area contributed by atoms with Crippen LogP contribution in [0.1, 0.15) is 104 Å². The van der Waals surface area contributed by atoms with E-state index in [1.807, 2.05) is 19.1 Å². The van der Waals surface area contributed by atoms with Gasteiger partial charge in [-0.15, -0.1) is 0 Å². The molecule has 1 aromatic rings. The Morgan fingerprint density at radius 1 is 1.06 bits per heavy atom. The number of rotatable bonds is 5. The van der Waals surface area contributed by atoms with Crippen molar-refractivity contribution < 1.29 is 10.2 Å². The fourth-order valence-corrected chi connectivity index (χ4v) is 9.14. The van der Waals surface area contributed by atoms with Crippen molar-refractivity contribution in [2.24, 2.45) is 40.4 Å². The molecular formula is C30H45NO2. The average Bonchev–Trinajstić information content (AvgIpc) is 3.15. The zero-order chi connectivity index (χ0) is 23.4. The van der Waals surface area contributed by atoms with Crippen molar-refractivity contribution in [1.82, 2.24) is 4.98 Å². The third kappa shape index (κ3) is 4.01. The molecule has 7 unspecified atom stereocenters. The van der Waals surface area contributed by atoms with Gasteiger partial charge in [0, 0.05) is 12.4 Å². The summed E-state index contributed by atoms with van der Waals surface area (Å²) in [5, 5.41) is 21.4. The Balaban J connectivity index is 1.28. The van der Waals surface area contributed by atoms with Crippen LogP contribution in [0.4, 0.5) is 0 Å². The number of allylic oxidation sites excluding steroid dienone is 1. The third-order valence-corrected chi connectivity index (χ3v) is 11.1. The molecular weight excluding hydrogens is 406 g/mol. The molecule has 3 heteroatoms. The van der Waals surface area contributed by atoms with Crippen LogP contribution in [0, 0.1) is 40.4 Å². The van der Waals surface area contributed by atoms with Gasteiger partial charge in [-0.25, -0.2) is 0 Å². The summed E-state index contributed by atoms with van der Waals surface area (Å²) in [6.45, 7) is 9.63. The van der Waals surface area contributed by atoms with E-state index in [9.17, 15) is 10.2 Å². The molecule has 3 saturated carbocycles. The summed E-state index contributed by atoms with van der Waals surface area (Å²) in [5.74, 6) is 3.88. The zero-order valence-electron chi connectivity index (χ0n) is 21.3. The van der Waals surface area contributed by atoms with Gasteiger partial charge in [-0.3, -0.25) is 4.98 Å². The molecule has 0 bridgehead atoms. The van der Waals surface area contributed by atoms with E-state index < -0.39 is 11.7 Å². The molecule has 0 aliphatic heterocycles. The van der Waals surface area contributed by atoms with Gasteiger partial charge < -0.3 is 10.2 Å². The van der Waals surface area contributed by atoms with Crippen LogP contribution in [0.15, 0.2) is 36.2 Å². The normalized spacial score (nSPS) is 44.2. The average molecular weight is 452 g/mol. The van der Waals surface area contributed by atoms with E-state index in [1.165, 1.54) is 32.1 Å². The molecule has 5 rings (SSSR count). The molecule has 0 aromatic carbocycles. The maximum absolute atomic E-state index is 10.7. The molecule has 182 valence electrons. The van der Waals surface area contributed by atoms with E-state index in [0.29, 0.717) is 16.7 Å². The van der Waals surface area contributed by atoms with Crippen LogP contribution in [0.25, 0.3) is 0 Å². The lowest BCUT2D eigenvalue weighted by Gasteiger charge is -2.59. The standard InChI is InChI=1S/C30H45NO2/c1-20(7-12-27(32)21-6-5-17-31-19-21)24-10-11-25-23-9-8-22-18-28(2,33)15-16-29(22,3)26(23)13-14-30(24,25)4/h5-6,8,17,19-20,23-27,32-33H,7,9-16,18H2,1-4H3/t20-,23?,24?,25?,26?,27?,28+,29?,30?/m1/s1. The molecule has 9 atom stereocenters. The van der Waals surface area contributed by atoms with E-state index in [4.69, 9.17) is 0 Å². The first-order valence-corrected chi connectivity index (χ1v) is 13.6. The molecule has 2 N–H and O–H groups in total. The minimum atomic E-state index is -0.504. The van der Waals surface area contributed by atoms with Gasteiger partial charge in [-0.05, 0) is 123 Å². The van der Waals surface area contributed by atoms with E-state index in [-0.39, 0.29) is 0 Å². The number of nitrogens with zero attached hydrogens (tertiary/aromatic N) is 1. The number of pyridine rings is 1. The van der Waals surface area contributed by atoms with Crippen molar-refractivity contribution in [3.05, 3.63) is 41.7 Å². The number of hydrogen-bond donors (Lipinski definition) is 2. The molecule has 0 amide bonds. The van der Waals surface area contributed by atoms with E-state index in [1.54, 1.807) is 18.0 Å². The highest BCUT2D eigenvalue weighted by molar-refractivity contribution is 5.26. The van der Waals surface area contributed by atoms with Crippen LogP contribution < -0.4 is 0 Å². The first-order chi connectivity index (χ1) is 15.6. The summed E-state index contributed by atoms with van der Waals surface area (Å²) in [6.07, 6.45) is 17.3. The second-order valence-electron chi connectivity index (χ2n) is 13.0. The van der Waals surface area contributed by atoms with Crippen LogP contribution in [0.2, 0.25) is 0 Å². The summed E-state index contributed by atoms with van der Waals surface area (Å²) in [4.78, 5) is 4.18. The quantitative estimate of drug-likeness (QED) is 0.481. The maximum atomic E-state index is 10.7. The van der Waals surface area contributed by atoms with Gasteiger partial charge in [-0.1, -0.05) is 38.5 Å². The summed E-state index contributed by atoms with van der Waals surface area (Å²) < 4.78 is 0. The molecule has 3 fully saturated rings. The van der Waals surface area contributed by atoms with Gasteiger partial charge in [0.2, 0.25) is 0 Å². The van der Waals surface area contributed by atoms with Crippen LogP contribution in [-0.4, -0.2) is 20.8 Å². The monoisotopic (exact) mass is 451 g/mol. The van der Waals surface area contributed by atoms with Crippen molar-refractivity contribution in [1.29, 1.82) is 0 Å². The number of hydrogen-bond acceptors (Lipinski definition) is 3. The SMILES string of the molecule is C[C@H](CCC(O)c1cccnc1)C1CCC2C3CC=C4C[C@@](C)(O)CCC4(C)C3CCC21C. The third-order valence-electron chi connectivity index (χ3n) is 11.1. The lowest BCUT2D eigenvalue weighted by Crippen LogP contribution is -2.52. The van der Waals surface area contributed by atoms with Gasteiger partial charge in [-0.2, -0.15) is 0 Å². The second-order valence-corrected chi connectivity index (χ2v) is 13.0. The van der Waals surface area contributed by atoms with Gasteiger partial charge >= 0.3 is 0 Å². The molecule has 33 heavy (non-hydrogen) atoms. The maximum Gasteiger partial charge on any atom is 0.0805 e. The molecule has 0 saturated heterocycles. The first-order valence-electron chi connectivity index (χ1n) is 13.6. The van der Waals surface area contributed by atoms with Crippen molar-refractivity contribution in [3.63, 3.8) is 0 Å². The minimum absolute atomic E-state index is 0.310. The van der Waals surface area contributed by atoms with Crippen LogP contribution in [-0.2, 0) is 0 Å². The Bertz CT molecular complexity index is 879. The second kappa shape index (κ2) is 8.48. The van der Waals surface area contributed by atoms with Gasteiger partial charge in [0.25, 0.3) is 0 Å². The molecule has 4 aliphatic rings. The zero-order valence-corrected chi connectivity index (χ0v) is 21.3. The van der Waals surface area contributed by atoms with E-state index in [0.717, 1.165) is 61.3 Å². The van der Waals surface area contributed by atoms with Crippen LogP contribution >= 0.6 is 0 Å². The molecule has 1 heterocycles. The predicted octanol–water partition coefficient (Wildman–Crippen LogP) is 6.86. The predicted molar refractivity (Wildman–Crippen MR) is 133 cm³/mol. The highest BCUT2D eigenvalue weighted by Crippen LogP contribution is 2.67. The lowest BCUT2D eigenvalue weighted by molar-refractivity contribution is -0.0708. The van der Waals surface area contributed by atoms with Gasteiger partial charge in [0.1, 0.15) is 0 Å². The highest BCUT2D eigenvalue weighted by Gasteiger charge is 2.59. The molecule has 0 radical (unpaired) electrons. The van der Waals surface area contributed by atoms with Crippen molar-refractivity contribution in [2.75, 3.05) is 0 Å². The Morgan fingerprint density at radius 2 is 1.88 bits per heavy atom. The van der Waals surface area contributed by atoms with Crippen molar-refractivity contribution in [3.8, 4) is 0 Å². The van der Waals surface area contributed by atoms with E-state index in [2.05, 4.69) is 31.8 Å². The number of aliphatic hydroxyl groups excluding tert-OH is 1. The molecule has 3 nitrogen and oxygen atoms in total. The number of aliphatic hydroxyl groups is 2. The van der Waals surface area contributed by atoms with Crippen LogP contribution in [0.3, 0.4) is 0 Å². The summed E-state index contributed by atoms with van der Waals surface area (Å²) in [5.41, 5.74) is 2.77. The summed E-state index contributed by atoms with van der Waals surface area (Å²) >= 11 is 0.